The Bertz CT molecular complexity index is 866. The minimum atomic E-state index is -0.481. The Hall–Kier alpha value is -1.60. The maximum atomic E-state index is 12.3. The minimum absolute atomic E-state index is 0.00512. The van der Waals surface area contributed by atoms with Gasteiger partial charge in [0.15, 0.2) is 6.54 Å². The quantitative estimate of drug-likeness (QED) is 0.680. The van der Waals surface area contributed by atoms with Crippen molar-refractivity contribution in [1.29, 1.82) is 0 Å². The Morgan fingerprint density at radius 2 is 2.12 bits per heavy atom. The Kier molecular flexibility index (Phi) is 5.87. The summed E-state index contributed by atoms with van der Waals surface area (Å²) < 4.78 is 0. The SMILES string of the molecule is C[C@H]([NH2+]CC(=O)Nc1sc2c(c1C(N)=O)CCC2)c1ccc(Cl)cc1Cl. The van der Waals surface area contributed by atoms with Crippen molar-refractivity contribution in [1.82, 2.24) is 0 Å². The van der Waals surface area contributed by atoms with Gasteiger partial charge in [-0.05, 0) is 43.9 Å². The van der Waals surface area contributed by atoms with Gasteiger partial charge in [0, 0.05) is 15.5 Å². The molecule has 1 aliphatic rings. The van der Waals surface area contributed by atoms with Crippen molar-refractivity contribution in [3.8, 4) is 0 Å². The van der Waals surface area contributed by atoms with Crippen LogP contribution in [0.3, 0.4) is 0 Å². The summed E-state index contributed by atoms with van der Waals surface area (Å²) in [6.45, 7) is 2.18. The van der Waals surface area contributed by atoms with Gasteiger partial charge in [-0.25, -0.2) is 0 Å². The standard InChI is InChI=1S/C18H19Cl2N3O2S/c1-9(11-6-5-10(19)7-13(11)20)22-8-15(24)23-18-16(17(21)25)12-3-2-4-14(12)26-18/h5-7,9,22H,2-4,8H2,1H3,(H2,21,25)(H,23,24)/p+1/t9-/m0/s1. The van der Waals surface area contributed by atoms with Crippen molar-refractivity contribution in [2.75, 3.05) is 11.9 Å². The number of hydrogen-bond acceptors (Lipinski definition) is 3. The van der Waals surface area contributed by atoms with Crippen LogP contribution in [0.4, 0.5) is 5.00 Å². The molecule has 0 aliphatic heterocycles. The largest absolute Gasteiger partial charge is 0.365 e. The molecular weight excluding hydrogens is 393 g/mol. The van der Waals surface area contributed by atoms with Gasteiger partial charge in [0.1, 0.15) is 11.0 Å². The van der Waals surface area contributed by atoms with Crippen LogP contribution in [-0.2, 0) is 17.6 Å². The first-order valence-corrected chi connectivity index (χ1v) is 9.96. The molecule has 0 bridgehead atoms. The van der Waals surface area contributed by atoms with Crippen molar-refractivity contribution in [3.63, 3.8) is 0 Å². The van der Waals surface area contributed by atoms with Crippen LogP contribution in [0.5, 0.6) is 0 Å². The zero-order chi connectivity index (χ0) is 18.8. The van der Waals surface area contributed by atoms with Crippen LogP contribution in [0, 0.1) is 0 Å². The van der Waals surface area contributed by atoms with E-state index in [0.29, 0.717) is 20.6 Å². The molecule has 5 N–H and O–H groups in total. The maximum Gasteiger partial charge on any atom is 0.280 e. The van der Waals surface area contributed by atoms with Gasteiger partial charge < -0.3 is 16.4 Å². The number of amides is 2. The van der Waals surface area contributed by atoms with Gasteiger partial charge in [0.05, 0.1) is 10.6 Å². The van der Waals surface area contributed by atoms with E-state index in [1.165, 1.54) is 11.3 Å². The summed E-state index contributed by atoms with van der Waals surface area (Å²) in [4.78, 5) is 25.3. The maximum absolute atomic E-state index is 12.3. The highest BCUT2D eigenvalue weighted by Gasteiger charge is 2.26. The van der Waals surface area contributed by atoms with E-state index < -0.39 is 5.91 Å². The van der Waals surface area contributed by atoms with Gasteiger partial charge in [0.25, 0.3) is 11.8 Å². The average Bonchev–Trinajstić information content (AvgIpc) is 3.12. The van der Waals surface area contributed by atoms with Crippen molar-refractivity contribution < 1.29 is 14.9 Å². The third-order valence-corrected chi connectivity index (χ3v) is 6.30. The Labute approximate surface area is 165 Å². The summed E-state index contributed by atoms with van der Waals surface area (Å²) in [6, 6.07) is 5.32. The van der Waals surface area contributed by atoms with Crippen LogP contribution >= 0.6 is 34.5 Å². The molecule has 0 unspecified atom stereocenters. The highest BCUT2D eigenvalue weighted by Crippen LogP contribution is 2.38. The van der Waals surface area contributed by atoms with Crippen molar-refractivity contribution in [2.45, 2.75) is 32.2 Å². The lowest BCUT2D eigenvalue weighted by Gasteiger charge is -2.13. The number of quaternary nitrogens is 1. The number of anilines is 1. The molecule has 1 aromatic carbocycles. The number of benzene rings is 1. The van der Waals surface area contributed by atoms with Crippen molar-refractivity contribution >= 4 is 51.4 Å². The molecule has 3 rings (SSSR count). The lowest BCUT2D eigenvalue weighted by Crippen LogP contribution is -2.86. The number of nitrogens with one attached hydrogen (secondary N) is 1. The highest BCUT2D eigenvalue weighted by atomic mass is 35.5. The second-order valence-electron chi connectivity index (χ2n) is 6.37. The molecule has 0 spiro atoms. The van der Waals surface area contributed by atoms with Crippen molar-refractivity contribution in [2.24, 2.45) is 5.73 Å². The lowest BCUT2D eigenvalue weighted by atomic mass is 10.1. The summed E-state index contributed by atoms with van der Waals surface area (Å²) in [5.74, 6) is -0.658. The van der Waals surface area contributed by atoms with Gasteiger partial charge in [0.2, 0.25) is 0 Å². The lowest BCUT2D eigenvalue weighted by molar-refractivity contribution is -0.682. The molecule has 0 radical (unpaired) electrons. The highest BCUT2D eigenvalue weighted by molar-refractivity contribution is 7.17. The van der Waals surface area contributed by atoms with E-state index >= 15 is 0 Å². The minimum Gasteiger partial charge on any atom is -0.365 e. The zero-order valence-electron chi connectivity index (χ0n) is 14.3. The summed E-state index contributed by atoms with van der Waals surface area (Å²) in [7, 11) is 0. The van der Waals surface area contributed by atoms with E-state index in [2.05, 4.69) is 5.32 Å². The van der Waals surface area contributed by atoms with Crippen LogP contribution in [-0.4, -0.2) is 18.4 Å². The number of hydrogen-bond donors (Lipinski definition) is 3. The number of carbonyl (C=O) groups excluding carboxylic acids is 2. The van der Waals surface area contributed by atoms with Gasteiger partial charge >= 0.3 is 0 Å². The number of aryl methyl sites for hydroxylation is 1. The molecule has 1 aromatic heterocycles. The molecule has 0 saturated carbocycles. The van der Waals surface area contributed by atoms with E-state index in [0.717, 1.165) is 35.3 Å². The van der Waals surface area contributed by atoms with Gasteiger partial charge in [-0.15, -0.1) is 11.3 Å². The van der Waals surface area contributed by atoms with Crippen LogP contribution in [0.15, 0.2) is 18.2 Å². The fraction of sp³-hybridized carbons (Fsp3) is 0.333. The molecule has 2 aromatic rings. The fourth-order valence-electron chi connectivity index (χ4n) is 3.21. The molecule has 0 saturated heterocycles. The average molecular weight is 413 g/mol. The van der Waals surface area contributed by atoms with E-state index in [9.17, 15) is 9.59 Å². The smallest absolute Gasteiger partial charge is 0.280 e. The predicted molar refractivity (Wildman–Crippen MR) is 105 cm³/mol. The number of rotatable bonds is 6. The number of halogens is 2. The summed E-state index contributed by atoms with van der Waals surface area (Å²) >= 11 is 13.6. The molecule has 8 heteroatoms. The summed E-state index contributed by atoms with van der Waals surface area (Å²) in [5.41, 5.74) is 7.91. The first-order valence-electron chi connectivity index (χ1n) is 8.39. The summed E-state index contributed by atoms with van der Waals surface area (Å²) in [5, 5.41) is 6.45. The molecule has 26 heavy (non-hydrogen) atoms. The molecule has 0 fully saturated rings. The molecule has 2 amide bonds. The van der Waals surface area contributed by atoms with Gasteiger partial charge in [-0.1, -0.05) is 29.3 Å². The van der Waals surface area contributed by atoms with E-state index in [1.54, 1.807) is 12.1 Å². The van der Waals surface area contributed by atoms with E-state index in [4.69, 9.17) is 28.9 Å². The Morgan fingerprint density at radius 1 is 1.35 bits per heavy atom. The third kappa shape index (κ3) is 4.04. The monoisotopic (exact) mass is 412 g/mol. The molecule has 5 nitrogen and oxygen atoms in total. The van der Waals surface area contributed by atoms with Crippen LogP contribution in [0.1, 0.15) is 45.7 Å². The topological polar surface area (TPSA) is 88.8 Å². The molecule has 1 atom stereocenters. The number of nitrogens with two attached hydrogens (primary N) is 2. The predicted octanol–water partition coefficient (Wildman–Crippen LogP) is 2.91. The van der Waals surface area contributed by atoms with Gasteiger partial charge in [-0.2, -0.15) is 0 Å². The number of fused-ring (bicyclic) bond motifs is 1. The normalized spacial score (nSPS) is 14.1. The molecule has 1 aliphatic carbocycles. The Morgan fingerprint density at radius 3 is 2.81 bits per heavy atom. The zero-order valence-corrected chi connectivity index (χ0v) is 16.6. The fourth-order valence-corrected chi connectivity index (χ4v) is 5.10. The molecular formula is C18H20Cl2N3O2S+. The molecule has 138 valence electrons. The molecule has 1 heterocycles. The van der Waals surface area contributed by atoms with Crippen molar-refractivity contribution in [3.05, 3.63) is 49.8 Å². The number of carbonyl (C=O) groups is 2. The van der Waals surface area contributed by atoms with Gasteiger partial charge in [-0.3, -0.25) is 9.59 Å². The Balaban J connectivity index is 1.64. The van der Waals surface area contributed by atoms with E-state index in [1.807, 2.05) is 18.3 Å². The third-order valence-electron chi connectivity index (χ3n) is 4.53. The second kappa shape index (κ2) is 7.96. The van der Waals surface area contributed by atoms with Crippen LogP contribution < -0.4 is 16.4 Å². The number of primary amides is 1. The first-order chi connectivity index (χ1) is 12.4. The van der Waals surface area contributed by atoms with Crippen LogP contribution in [0.2, 0.25) is 10.0 Å². The number of thiophene rings is 1. The second-order valence-corrected chi connectivity index (χ2v) is 8.32. The van der Waals surface area contributed by atoms with Crippen LogP contribution in [0.25, 0.3) is 0 Å². The first kappa shape index (κ1) is 19.2. The summed E-state index contributed by atoms with van der Waals surface area (Å²) in [6.07, 6.45) is 2.81. The van der Waals surface area contributed by atoms with E-state index in [-0.39, 0.29) is 18.5 Å².